The zero-order valence-corrected chi connectivity index (χ0v) is 22.4. The highest BCUT2D eigenvalue weighted by Crippen LogP contribution is 2.30. The number of nitrogens with zero attached hydrogens (tertiary/aromatic N) is 5. The minimum Gasteiger partial charge on any atom is -0.352 e. The van der Waals surface area contributed by atoms with Crippen molar-refractivity contribution >= 4 is 34.1 Å². The Labute approximate surface area is 231 Å². The van der Waals surface area contributed by atoms with E-state index in [1.807, 2.05) is 36.4 Å². The molecule has 6 rings (SSSR count). The van der Waals surface area contributed by atoms with E-state index in [-0.39, 0.29) is 17.8 Å². The molecule has 3 heterocycles. The third kappa shape index (κ3) is 5.41. The lowest BCUT2D eigenvalue weighted by atomic mass is 10.1. The molecule has 8 nitrogen and oxygen atoms in total. The number of rotatable bonds is 5. The van der Waals surface area contributed by atoms with E-state index in [1.165, 1.54) is 19.1 Å². The number of benzene rings is 3. The van der Waals surface area contributed by atoms with Gasteiger partial charge in [-0.3, -0.25) is 9.79 Å². The summed E-state index contributed by atoms with van der Waals surface area (Å²) in [4.78, 5) is 28.3. The fraction of sp³-hybridized carbons (Fsp3) is 0.226. The first kappa shape index (κ1) is 25.6. The van der Waals surface area contributed by atoms with Crippen LogP contribution in [0.1, 0.15) is 19.8 Å². The second-order valence-electron chi connectivity index (χ2n) is 10.2. The SMILES string of the molecule is CC(=O)Nc1ccc(Nc2cc3nc4ccccc4n(-c4ccc(F)cc4)c-3c/c2=N\C2CCN(C)CC2)cn1. The van der Waals surface area contributed by atoms with Crippen LogP contribution in [0.4, 0.5) is 21.6 Å². The van der Waals surface area contributed by atoms with Gasteiger partial charge in [-0.25, -0.2) is 14.4 Å². The smallest absolute Gasteiger partial charge is 0.222 e. The van der Waals surface area contributed by atoms with Crippen molar-refractivity contribution in [2.24, 2.45) is 4.99 Å². The molecule has 40 heavy (non-hydrogen) atoms. The third-order valence-electron chi connectivity index (χ3n) is 7.14. The molecule has 2 N–H and O–H groups in total. The topological polar surface area (TPSA) is 87.4 Å². The summed E-state index contributed by atoms with van der Waals surface area (Å²) in [5.41, 5.74) is 5.82. The van der Waals surface area contributed by atoms with E-state index >= 15 is 0 Å². The highest BCUT2D eigenvalue weighted by Gasteiger charge is 2.19. The van der Waals surface area contributed by atoms with Crippen molar-refractivity contribution in [1.82, 2.24) is 19.4 Å². The molecular formula is C31H30FN7O. The van der Waals surface area contributed by atoms with Crippen LogP contribution in [0.15, 0.2) is 84.0 Å². The van der Waals surface area contributed by atoms with Gasteiger partial charge < -0.3 is 20.1 Å². The van der Waals surface area contributed by atoms with Gasteiger partial charge in [-0.1, -0.05) is 12.1 Å². The lowest BCUT2D eigenvalue weighted by molar-refractivity contribution is -0.114. The second kappa shape index (κ2) is 10.9. The van der Waals surface area contributed by atoms with Gasteiger partial charge in [-0.15, -0.1) is 0 Å². The molecule has 0 radical (unpaired) electrons. The summed E-state index contributed by atoms with van der Waals surface area (Å²) in [6.07, 6.45) is 3.64. The van der Waals surface area contributed by atoms with Crippen LogP contribution in [-0.4, -0.2) is 51.5 Å². The third-order valence-corrected chi connectivity index (χ3v) is 7.14. The number of carbonyl (C=O) groups excluding carboxylic acids is 1. The molecule has 2 aliphatic heterocycles. The molecule has 1 aromatic heterocycles. The number of carbonyl (C=O) groups is 1. The molecule has 0 spiro atoms. The maximum Gasteiger partial charge on any atom is 0.222 e. The van der Waals surface area contributed by atoms with Gasteiger partial charge in [-0.2, -0.15) is 0 Å². The summed E-state index contributed by atoms with van der Waals surface area (Å²) in [5, 5.41) is 7.00. The van der Waals surface area contributed by atoms with Crippen molar-refractivity contribution in [2.75, 3.05) is 30.8 Å². The fourth-order valence-electron chi connectivity index (χ4n) is 5.12. The summed E-state index contributed by atoms with van der Waals surface area (Å²) >= 11 is 0. The molecule has 202 valence electrons. The number of anilines is 3. The van der Waals surface area contributed by atoms with E-state index in [2.05, 4.69) is 38.2 Å². The Morgan fingerprint density at radius 1 is 1.02 bits per heavy atom. The monoisotopic (exact) mass is 535 g/mol. The van der Waals surface area contributed by atoms with Gasteiger partial charge in [0.15, 0.2) is 0 Å². The lowest BCUT2D eigenvalue weighted by Crippen LogP contribution is -2.33. The molecular weight excluding hydrogens is 505 g/mol. The molecule has 0 atom stereocenters. The zero-order valence-electron chi connectivity index (χ0n) is 22.4. The minimum atomic E-state index is -0.283. The number of amides is 1. The highest BCUT2D eigenvalue weighted by molar-refractivity contribution is 5.88. The molecule has 0 unspecified atom stereocenters. The Kier molecular flexibility index (Phi) is 6.96. The van der Waals surface area contributed by atoms with E-state index in [0.717, 1.165) is 70.8 Å². The Morgan fingerprint density at radius 2 is 1.80 bits per heavy atom. The van der Waals surface area contributed by atoms with Crippen molar-refractivity contribution in [3.05, 3.63) is 90.2 Å². The number of aromatic nitrogens is 3. The standard InChI is InChI=1S/C31H30FN7O/c1-20(40)34-31-12-9-23(19-33-31)36-26-17-28-30(18-27(26)35-22-13-15-38(2)16-14-22)39(24-10-7-21(32)8-11-24)29-6-4-3-5-25(29)37-28/h3-12,17-19,22,36H,13-16H2,1-2H3,(H,33,34,40)/b35-27+. The van der Waals surface area contributed by atoms with Gasteiger partial charge in [0.05, 0.1) is 51.4 Å². The summed E-state index contributed by atoms with van der Waals surface area (Å²) in [7, 11) is 2.14. The molecule has 0 saturated carbocycles. The van der Waals surface area contributed by atoms with E-state index in [4.69, 9.17) is 9.98 Å². The van der Waals surface area contributed by atoms with Gasteiger partial charge in [-0.05, 0) is 93.6 Å². The molecule has 9 heteroatoms. The van der Waals surface area contributed by atoms with E-state index < -0.39 is 0 Å². The number of nitrogens with one attached hydrogen (secondary N) is 2. The number of hydrogen-bond donors (Lipinski definition) is 2. The molecule has 1 aliphatic carbocycles. The molecule has 1 amide bonds. The number of pyridine rings is 1. The van der Waals surface area contributed by atoms with E-state index in [0.29, 0.717) is 5.82 Å². The largest absolute Gasteiger partial charge is 0.352 e. The average molecular weight is 536 g/mol. The highest BCUT2D eigenvalue weighted by atomic mass is 19.1. The van der Waals surface area contributed by atoms with Crippen LogP contribution in [0, 0.1) is 5.82 Å². The lowest BCUT2D eigenvalue weighted by Gasteiger charge is -2.26. The summed E-state index contributed by atoms with van der Waals surface area (Å²) in [5.74, 6) is 0.0329. The van der Waals surface area contributed by atoms with Gasteiger partial charge >= 0.3 is 0 Å². The van der Waals surface area contributed by atoms with Crippen LogP contribution in [0.25, 0.3) is 28.1 Å². The minimum absolute atomic E-state index is 0.172. The molecule has 0 bridgehead atoms. The Balaban J connectivity index is 1.53. The van der Waals surface area contributed by atoms with Gasteiger partial charge in [0.25, 0.3) is 0 Å². The Morgan fingerprint density at radius 3 is 2.52 bits per heavy atom. The number of hydrogen-bond acceptors (Lipinski definition) is 6. The molecule has 3 aliphatic rings. The van der Waals surface area contributed by atoms with Gasteiger partial charge in [0.2, 0.25) is 5.91 Å². The Bertz CT molecular complexity index is 1710. The number of halogens is 1. The molecule has 1 fully saturated rings. The quantitative estimate of drug-likeness (QED) is 0.296. The van der Waals surface area contributed by atoms with Crippen molar-refractivity contribution in [3.8, 4) is 17.1 Å². The van der Waals surface area contributed by atoms with Crippen molar-refractivity contribution < 1.29 is 9.18 Å². The van der Waals surface area contributed by atoms with Gasteiger partial charge in [0, 0.05) is 12.6 Å². The number of para-hydroxylation sites is 2. The van der Waals surface area contributed by atoms with Crippen molar-refractivity contribution in [3.63, 3.8) is 0 Å². The number of piperidine rings is 1. The van der Waals surface area contributed by atoms with Crippen LogP contribution in [0.5, 0.6) is 0 Å². The first-order valence-electron chi connectivity index (χ1n) is 13.4. The maximum absolute atomic E-state index is 13.9. The Hall–Kier alpha value is -4.63. The normalized spacial score (nSPS) is 15.0. The number of fused-ring (bicyclic) bond motifs is 2. The van der Waals surface area contributed by atoms with E-state index in [9.17, 15) is 9.18 Å². The average Bonchev–Trinajstić information content (AvgIpc) is 2.95. The summed E-state index contributed by atoms with van der Waals surface area (Å²) in [6.45, 7) is 3.45. The molecule has 2 aromatic carbocycles. The van der Waals surface area contributed by atoms with Crippen LogP contribution in [-0.2, 0) is 4.79 Å². The summed E-state index contributed by atoms with van der Waals surface area (Å²) < 4.78 is 16.0. The summed E-state index contributed by atoms with van der Waals surface area (Å²) in [6, 6.07) is 22.3. The van der Waals surface area contributed by atoms with Gasteiger partial charge in [0.1, 0.15) is 11.6 Å². The second-order valence-corrected chi connectivity index (χ2v) is 10.2. The van der Waals surface area contributed by atoms with E-state index in [1.54, 1.807) is 24.4 Å². The fourth-order valence-corrected chi connectivity index (χ4v) is 5.12. The van der Waals surface area contributed by atoms with Crippen LogP contribution < -0.4 is 16.0 Å². The predicted octanol–water partition coefficient (Wildman–Crippen LogP) is 5.36. The van der Waals surface area contributed by atoms with Crippen molar-refractivity contribution in [2.45, 2.75) is 25.8 Å². The van der Waals surface area contributed by atoms with Crippen molar-refractivity contribution in [1.29, 1.82) is 0 Å². The van der Waals surface area contributed by atoms with Crippen LogP contribution in [0.3, 0.4) is 0 Å². The zero-order chi connectivity index (χ0) is 27.6. The molecule has 1 saturated heterocycles. The predicted molar refractivity (Wildman–Crippen MR) is 156 cm³/mol. The van der Waals surface area contributed by atoms with Crippen LogP contribution >= 0.6 is 0 Å². The maximum atomic E-state index is 13.9. The first-order valence-corrected chi connectivity index (χ1v) is 13.4. The van der Waals surface area contributed by atoms with Crippen LogP contribution in [0.2, 0.25) is 0 Å². The number of likely N-dealkylation sites (tertiary alicyclic amines) is 1. The first-order chi connectivity index (χ1) is 19.4. The molecule has 3 aromatic rings.